The van der Waals surface area contributed by atoms with Crippen molar-refractivity contribution in [2.24, 2.45) is 0 Å². The van der Waals surface area contributed by atoms with Gasteiger partial charge in [0, 0.05) is 38.2 Å². The maximum atomic E-state index is 11.3. The number of carbonyl (C=O) groups is 1. The molecule has 8 nitrogen and oxygen atoms in total. The minimum atomic E-state index is -0.987. The van der Waals surface area contributed by atoms with Gasteiger partial charge in [0.15, 0.2) is 0 Å². The van der Waals surface area contributed by atoms with E-state index in [-0.39, 0.29) is 18.5 Å². The third kappa shape index (κ3) is 7.22. The molecule has 10 heteroatoms. The quantitative estimate of drug-likeness (QED) is 0.269. The highest BCUT2D eigenvalue weighted by atomic mass is 35.5. The Morgan fingerprint density at radius 1 is 1.12 bits per heavy atom. The van der Waals surface area contributed by atoms with Crippen LogP contribution in [-0.4, -0.2) is 60.2 Å². The van der Waals surface area contributed by atoms with E-state index >= 15 is 0 Å². The molecule has 0 bridgehead atoms. The summed E-state index contributed by atoms with van der Waals surface area (Å²) in [6.07, 6.45) is 1.75. The van der Waals surface area contributed by atoms with Gasteiger partial charge in [0.2, 0.25) is 0 Å². The van der Waals surface area contributed by atoms with Gasteiger partial charge in [-0.25, -0.2) is 0 Å². The van der Waals surface area contributed by atoms with Crippen molar-refractivity contribution in [3.8, 4) is 5.75 Å². The molecule has 0 amide bonds. The van der Waals surface area contributed by atoms with Crippen molar-refractivity contribution in [2.45, 2.75) is 25.7 Å². The average molecular weight is 496 g/mol. The van der Waals surface area contributed by atoms with E-state index in [0.29, 0.717) is 28.0 Å². The van der Waals surface area contributed by atoms with Gasteiger partial charge >= 0.3 is 5.97 Å². The Labute approximate surface area is 202 Å². The molecule has 1 aliphatic heterocycles. The molecule has 1 saturated heterocycles. The average Bonchev–Trinajstić information content (AvgIpc) is 2.80. The summed E-state index contributed by atoms with van der Waals surface area (Å²) in [6.45, 7) is 5.06. The fraction of sp³-hybridized carbons (Fsp3) is 0.435. The molecule has 0 aromatic heterocycles. The van der Waals surface area contributed by atoms with Gasteiger partial charge in [-0.1, -0.05) is 29.3 Å². The van der Waals surface area contributed by atoms with Crippen LogP contribution >= 0.6 is 23.2 Å². The number of nitro groups is 1. The van der Waals surface area contributed by atoms with E-state index in [4.69, 9.17) is 33.0 Å². The largest absolute Gasteiger partial charge is 0.493 e. The van der Waals surface area contributed by atoms with Crippen LogP contribution in [-0.2, 0) is 11.2 Å². The first-order valence-electron chi connectivity index (χ1n) is 10.9. The molecule has 1 aliphatic rings. The topological polar surface area (TPSA) is 96.2 Å². The van der Waals surface area contributed by atoms with Crippen molar-refractivity contribution < 1.29 is 19.6 Å². The van der Waals surface area contributed by atoms with E-state index < -0.39 is 10.9 Å². The van der Waals surface area contributed by atoms with Crippen molar-refractivity contribution in [3.05, 3.63) is 62.1 Å². The second kappa shape index (κ2) is 12.1. The highest BCUT2D eigenvalue weighted by Crippen LogP contribution is 2.33. The molecule has 1 N–H and O–H groups in total. The first-order chi connectivity index (χ1) is 15.8. The summed E-state index contributed by atoms with van der Waals surface area (Å²) in [6, 6.07) is 10.3. The van der Waals surface area contributed by atoms with Gasteiger partial charge in [0.05, 0.1) is 33.3 Å². The predicted octanol–water partition coefficient (Wildman–Crippen LogP) is 4.90. The van der Waals surface area contributed by atoms with Crippen LogP contribution in [0, 0.1) is 10.1 Å². The van der Waals surface area contributed by atoms with E-state index in [1.807, 2.05) is 12.1 Å². The number of piperazine rings is 1. The standard InChI is InChI=1S/C23H27Cl2N3O5/c24-19-4-3-5-20(23(19)25)27-13-11-26(12-14-27)10-1-2-15-33-18-8-6-17(7-9-22(29)30)21(16-18)28(31)32/h3-6,8,16H,1-2,7,9-15H2,(H,29,30). The van der Waals surface area contributed by atoms with Gasteiger partial charge in [-0.05, 0) is 50.1 Å². The molecular formula is C23H27Cl2N3O5. The van der Waals surface area contributed by atoms with Crippen LogP contribution in [0.5, 0.6) is 5.75 Å². The van der Waals surface area contributed by atoms with E-state index in [0.717, 1.165) is 51.3 Å². The molecule has 0 atom stereocenters. The smallest absolute Gasteiger partial charge is 0.303 e. The van der Waals surface area contributed by atoms with Crippen molar-refractivity contribution in [1.29, 1.82) is 0 Å². The molecule has 33 heavy (non-hydrogen) atoms. The predicted molar refractivity (Wildman–Crippen MR) is 129 cm³/mol. The van der Waals surface area contributed by atoms with Gasteiger partial charge in [-0.3, -0.25) is 19.8 Å². The van der Waals surface area contributed by atoms with Crippen molar-refractivity contribution in [1.82, 2.24) is 4.90 Å². The van der Waals surface area contributed by atoms with Crippen LogP contribution in [0.1, 0.15) is 24.8 Å². The number of hydrogen-bond acceptors (Lipinski definition) is 6. The van der Waals surface area contributed by atoms with Crippen LogP contribution in [0.3, 0.4) is 0 Å². The van der Waals surface area contributed by atoms with Gasteiger partial charge in [0.1, 0.15) is 5.75 Å². The number of ether oxygens (including phenoxy) is 1. The molecule has 0 saturated carbocycles. The molecular weight excluding hydrogens is 469 g/mol. The number of nitro benzene ring substituents is 1. The number of aryl methyl sites for hydroxylation is 1. The lowest BCUT2D eigenvalue weighted by atomic mass is 10.1. The van der Waals surface area contributed by atoms with Crippen LogP contribution in [0.15, 0.2) is 36.4 Å². The Kier molecular flexibility index (Phi) is 9.17. The zero-order valence-corrected chi connectivity index (χ0v) is 19.7. The minimum Gasteiger partial charge on any atom is -0.493 e. The van der Waals surface area contributed by atoms with Crippen molar-refractivity contribution in [3.63, 3.8) is 0 Å². The Hall–Kier alpha value is -2.55. The number of aliphatic carboxylic acids is 1. The Balaban J connectivity index is 1.39. The molecule has 1 heterocycles. The van der Waals surface area contributed by atoms with E-state index in [2.05, 4.69) is 9.80 Å². The SMILES string of the molecule is O=C(O)CCc1ccc(OCCCCN2CCN(c3cccc(Cl)c3Cl)CC2)cc1[N+](=O)[O-]. The Morgan fingerprint density at radius 2 is 1.88 bits per heavy atom. The lowest BCUT2D eigenvalue weighted by Gasteiger charge is -2.36. The van der Waals surface area contributed by atoms with E-state index in [9.17, 15) is 14.9 Å². The number of rotatable bonds is 11. The molecule has 178 valence electrons. The first-order valence-corrected chi connectivity index (χ1v) is 11.6. The molecule has 2 aromatic carbocycles. The monoisotopic (exact) mass is 495 g/mol. The molecule has 2 aromatic rings. The summed E-state index contributed by atoms with van der Waals surface area (Å²) in [5.41, 5.74) is 1.26. The minimum absolute atomic E-state index is 0.105. The lowest BCUT2D eigenvalue weighted by molar-refractivity contribution is -0.385. The lowest BCUT2D eigenvalue weighted by Crippen LogP contribution is -2.46. The number of unbranched alkanes of at least 4 members (excludes halogenated alkanes) is 1. The molecule has 0 unspecified atom stereocenters. The maximum Gasteiger partial charge on any atom is 0.303 e. The van der Waals surface area contributed by atoms with Crippen LogP contribution in [0.25, 0.3) is 0 Å². The van der Waals surface area contributed by atoms with Gasteiger partial charge < -0.3 is 14.7 Å². The number of benzene rings is 2. The highest BCUT2D eigenvalue weighted by molar-refractivity contribution is 6.43. The number of carboxylic acids is 1. The highest BCUT2D eigenvalue weighted by Gasteiger charge is 2.20. The fourth-order valence-corrected chi connectivity index (χ4v) is 4.25. The summed E-state index contributed by atoms with van der Waals surface area (Å²) < 4.78 is 5.69. The Morgan fingerprint density at radius 3 is 2.58 bits per heavy atom. The molecule has 0 spiro atoms. The summed E-state index contributed by atoms with van der Waals surface area (Å²) in [7, 11) is 0. The normalized spacial score (nSPS) is 14.3. The molecule has 0 aliphatic carbocycles. The summed E-state index contributed by atoms with van der Waals surface area (Å²) in [5.74, 6) is -0.563. The number of hydrogen-bond donors (Lipinski definition) is 1. The van der Waals surface area contributed by atoms with Crippen molar-refractivity contribution >= 4 is 40.5 Å². The third-order valence-electron chi connectivity index (χ3n) is 5.64. The van der Waals surface area contributed by atoms with Gasteiger partial charge in [0.25, 0.3) is 5.69 Å². The van der Waals surface area contributed by atoms with E-state index in [1.165, 1.54) is 6.07 Å². The fourth-order valence-electron chi connectivity index (χ4n) is 3.83. The van der Waals surface area contributed by atoms with Crippen LogP contribution < -0.4 is 9.64 Å². The van der Waals surface area contributed by atoms with E-state index in [1.54, 1.807) is 18.2 Å². The summed E-state index contributed by atoms with van der Waals surface area (Å²) >= 11 is 12.5. The summed E-state index contributed by atoms with van der Waals surface area (Å²) in [4.78, 5) is 26.2. The van der Waals surface area contributed by atoms with Crippen LogP contribution in [0.2, 0.25) is 10.0 Å². The van der Waals surface area contributed by atoms with Gasteiger partial charge in [-0.15, -0.1) is 0 Å². The second-order valence-corrected chi connectivity index (χ2v) is 8.68. The molecule has 1 fully saturated rings. The summed E-state index contributed by atoms with van der Waals surface area (Å²) in [5, 5.41) is 21.3. The van der Waals surface area contributed by atoms with Gasteiger partial charge in [-0.2, -0.15) is 0 Å². The van der Waals surface area contributed by atoms with Crippen LogP contribution in [0.4, 0.5) is 11.4 Å². The Bertz CT molecular complexity index is 981. The number of anilines is 1. The molecule has 3 rings (SSSR count). The number of halogens is 2. The maximum absolute atomic E-state index is 11.3. The third-order valence-corrected chi connectivity index (χ3v) is 6.45. The first kappa shape index (κ1) is 25.1. The number of nitrogens with zero attached hydrogens (tertiary/aromatic N) is 3. The number of carboxylic acid groups (broad SMARTS) is 1. The molecule has 0 radical (unpaired) electrons. The zero-order chi connectivity index (χ0) is 23.8. The zero-order valence-electron chi connectivity index (χ0n) is 18.2. The second-order valence-electron chi connectivity index (χ2n) is 7.90. The van der Waals surface area contributed by atoms with Crippen molar-refractivity contribution in [2.75, 3.05) is 44.2 Å².